The van der Waals surface area contributed by atoms with Crippen LogP contribution in [0.1, 0.15) is 49.4 Å². The summed E-state index contributed by atoms with van der Waals surface area (Å²) in [6.07, 6.45) is 4.40. The van der Waals surface area contributed by atoms with E-state index in [9.17, 15) is 13.2 Å². The number of carbonyl (C=O) groups is 1. The Kier molecular flexibility index (Phi) is 4.48. The summed E-state index contributed by atoms with van der Waals surface area (Å²) in [4.78, 5) is 11.1. The van der Waals surface area contributed by atoms with E-state index in [1.54, 1.807) is 0 Å². The smallest absolute Gasteiger partial charge is 0.335 e. The number of aromatic carboxylic acids is 1. The fourth-order valence-corrected chi connectivity index (χ4v) is 4.84. The summed E-state index contributed by atoms with van der Waals surface area (Å²) in [6, 6.07) is 5.68. The van der Waals surface area contributed by atoms with E-state index in [1.165, 1.54) is 24.3 Å². The van der Waals surface area contributed by atoms with Crippen molar-refractivity contribution in [2.45, 2.75) is 49.2 Å². The van der Waals surface area contributed by atoms with Crippen molar-refractivity contribution >= 4 is 15.8 Å². The second-order valence-corrected chi connectivity index (χ2v) is 7.67. The highest BCUT2D eigenvalue weighted by Crippen LogP contribution is 2.33. The minimum absolute atomic E-state index is 0.0222. The molecule has 110 valence electrons. The Bertz CT molecular complexity index is 592. The minimum Gasteiger partial charge on any atom is -0.478 e. The Labute approximate surface area is 119 Å². The molecule has 0 saturated heterocycles. The number of rotatable bonds is 4. The summed E-state index contributed by atoms with van der Waals surface area (Å²) in [7, 11) is -3.42. The lowest BCUT2D eigenvalue weighted by molar-refractivity contribution is 0.0696. The molecule has 1 N–H and O–H groups in total. The molecule has 0 spiro atoms. The molecule has 1 aromatic rings. The van der Waals surface area contributed by atoms with Crippen molar-refractivity contribution in [3.05, 3.63) is 29.8 Å². The quantitative estimate of drug-likeness (QED) is 0.926. The van der Waals surface area contributed by atoms with E-state index in [4.69, 9.17) is 5.11 Å². The first kappa shape index (κ1) is 15.0. The van der Waals surface area contributed by atoms with E-state index in [-0.39, 0.29) is 15.7 Å². The first-order chi connectivity index (χ1) is 9.45. The summed E-state index contributed by atoms with van der Waals surface area (Å²) in [5, 5.41) is 8.60. The van der Waals surface area contributed by atoms with Crippen molar-refractivity contribution < 1.29 is 18.3 Å². The van der Waals surface area contributed by atoms with Crippen molar-refractivity contribution in [3.63, 3.8) is 0 Å². The summed E-state index contributed by atoms with van der Waals surface area (Å²) >= 11 is 0. The molecule has 2 atom stereocenters. The van der Waals surface area contributed by atoms with E-state index < -0.39 is 15.8 Å². The number of hydrogen-bond acceptors (Lipinski definition) is 3. The first-order valence-corrected chi connectivity index (χ1v) is 8.57. The molecule has 1 saturated carbocycles. The van der Waals surface area contributed by atoms with E-state index >= 15 is 0 Å². The second kappa shape index (κ2) is 5.95. The maximum atomic E-state index is 12.6. The lowest BCUT2D eigenvalue weighted by Crippen LogP contribution is -2.28. The predicted molar refractivity (Wildman–Crippen MR) is 76.6 cm³/mol. The third kappa shape index (κ3) is 3.03. The van der Waals surface area contributed by atoms with Gasteiger partial charge in [0.15, 0.2) is 9.84 Å². The zero-order chi connectivity index (χ0) is 14.8. The van der Waals surface area contributed by atoms with Gasteiger partial charge in [0.2, 0.25) is 0 Å². The van der Waals surface area contributed by atoms with Gasteiger partial charge in [-0.3, -0.25) is 0 Å². The minimum atomic E-state index is -3.42. The van der Waals surface area contributed by atoms with Gasteiger partial charge in [-0.2, -0.15) is 0 Å². The number of carboxylic acids is 1. The first-order valence-electron chi connectivity index (χ1n) is 7.02. The van der Waals surface area contributed by atoms with Crippen LogP contribution in [0.3, 0.4) is 0 Å². The van der Waals surface area contributed by atoms with Crippen molar-refractivity contribution in [1.82, 2.24) is 0 Å². The van der Waals surface area contributed by atoms with Crippen LogP contribution in [0, 0.1) is 5.92 Å². The lowest BCUT2D eigenvalue weighted by atomic mass is 9.87. The maximum Gasteiger partial charge on any atom is 0.335 e. The molecule has 5 heteroatoms. The molecule has 1 fully saturated rings. The average molecular weight is 296 g/mol. The van der Waals surface area contributed by atoms with Crippen LogP contribution in [0.4, 0.5) is 0 Å². The molecule has 1 aliphatic rings. The van der Waals surface area contributed by atoms with Gasteiger partial charge in [0.25, 0.3) is 0 Å². The van der Waals surface area contributed by atoms with Crippen molar-refractivity contribution in [2.24, 2.45) is 5.92 Å². The molecule has 1 aromatic carbocycles. The van der Waals surface area contributed by atoms with Crippen LogP contribution >= 0.6 is 0 Å². The zero-order valence-electron chi connectivity index (χ0n) is 11.6. The summed E-state index contributed by atoms with van der Waals surface area (Å²) < 4.78 is 25.3. The molecule has 2 rings (SSSR count). The molecule has 0 heterocycles. The van der Waals surface area contributed by atoms with E-state index in [0.29, 0.717) is 18.8 Å². The zero-order valence-corrected chi connectivity index (χ0v) is 12.4. The molecule has 0 amide bonds. The molecule has 2 unspecified atom stereocenters. The highest BCUT2D eigenvalue weighted by Gasteiger charge is 2.32. The molecule has 20 heavy (non-hydrogen) atoms. The van der Waals surface area contributed by atoms with Crippen LogP contribution in [-0.4, -0.2) is 24.7 Å². The van der Waals surface area contributed by atoms with Crippen molar-refractivity contribution in [1.29, 1.82) is 0 Å². The monoisotopic (exact) mass is 296 g/mol. The number of hydrogen-bond donors (Lipinski definition) is 1. The Hall–Kier alpha value is -1.36. The van der Waals surface area contributed by atoms with Crippen LogP contribution < -0.4 is 0 Å². The van der Waals surface area contributed by atoms with Gasteiger partial charge in [-0.25, -0.2) is 13.2 Å². The maximum absolute atomic E-state index is 12.6. The number of sulfone groups is 1. The third-order valence-corrected chi connectivity index (χ3v) is 6.38. The molecule has 0 aromatic heterocycles. The fourth-order valence-electron chi connectivity index (χ4n) is 2.89. The highest BCUT2D eigenvalue weighted by molar-refractivity contribution is 7.92. The molecule has 0 radical (unpaired) electrons. The normalized spacial score (nSPS) is 23.4. The molecule has 0 aliphatic heterocycles. The van der Waals surface area contributed by atoms with Gasteiger partial charge in [0, 0.05) is 0 Å². The number of carboxylic acid groups (broad SMARTS) is 1. The lowest BCUT2D eigenvalue weighted by Gasteiger charge is -2.28. The SMILES string of the molecule is CCC1CCCC(S(=O)(=O)c2cccc(C(=O)O)c2)C1. The van der Waals surface area contributed by atoms with Gasteiger partial charge in [0.1, 0.15) is 0 Å². The molecule has 4 nitrogen and oxygen atoms in total. The average Bonchev–Trinajstić information content (AvgIpc) is 2.47. The number of benzene rings is 1. The van der Waals surface area contributed by atoms with Crippen molar-refractivity contribution in [2.75, 3.05) is 0 Å². The van der Waals surface area contributed by atoms with Gasteiger partial charge in [-0.05, 0) is 37.0 Å². The second-order valence-electron chi connectivity index (χ2n) is 5.44. The Balaban J connectivity index is 2.30. The topological polar surface area (TPSA) is 71.4 Å². The van der Waals surface area contributed by atoms with E-state index in [1.807, 2.05) is 0 Å². The summed E-state index contributed by atoms with van der Waals surface area (Å²) in [5.74, 6) is -0.636. The molecule has 1 aliphatic carbocycles. The van der Waals surface area contributed by atoms with Gasteiger partial charge in [-0.15, -0.1) is 0 Å². The molecular weight excluding hydrogens is 276 g/mol. The van der Waals surface area contributed by atoms with Crippen LogP contribution in [-0.2, 0) is 9.84 Å². The van der Waals surface area contributed by atoms with Crippen LogP contribution in [0.5, 0.6) is 0 Å². The largest absolute Gasteiger partial charge is 0.478 e. The standard InChI is InChI=1S/C15H20O4S/c1-2-11-5-3-7-13(9-11)20(18,19)14-8-4-6-12(10-14)15(16)17/h4,6,8,10-11,13H,2-3,5,7,9H2,1H3,(H,16,17). The summed E-state index contributed by atoms with van der Waals surface area (Å²) in [6.45, 7) is 2.09. The Morgan fingerprint density at radius 1 is 1.35 bits per heavy atom. The van der Waals surface area contributed by atoms with Crippen LogP contribution in [0.2, 0.25) is 0 Å². The van der Waals surface area contributed by atoms with Crippen LogP contribution in [0.15, 0.2) is 29.2 Å². The molecular formula is C15H20O4S. The van der Waals surface area contributed by atoms with Crippen molar-refractivity contribution in [3.8, 4) is 0 Å². The predicted octanol–water partition coefficient (Wildman–Crippen LogP) is 3.13. The van der Waals surface area contributed by atoms with Gasteiger partial charge >= 0.3 is 5.97 Å². The highest BCUT2D eigenvalue weighted by atomic mass is 32.2. The van der Waals surface area contributed by atoms with Gasteiger partial charge in [0.05, 0.1) is 15.7 Å². The fraction of sp³-hybridized carbons (Fsp3) is 0.533. The van der Waals surface area contributed by atoms with Crippen LogP contribution in [0.25, 0.3) is 0 Å². The van der Waals surface area contributed by atoms with E-state index in [2.05, 4.69) is 6.92 Å². The third-order valence-electron chi connectivity index (χ3n) is 4.16. The molecule has 0 bridgehead atoms. The van der Waals surface area contributed by atoms with Gasteiger partial charge in [-0.1, -0.05) is 32.3 Å². The summed E-state index contributed by atoms with van der Waals surface area (Å²) in [5.41, 5.74) is 0.0222. The Morgan fingerprint density at radius 3 is 2.75 bits per heavy atom. The van der Waals surface area contributed by atoms with Gasteiger partial charge < -0.3 is 5.11 Å². The Morgan fingerprint density at radius 2 is 2.10 bits per heavy atom. The van der Waals surface area contributed by atoms with E-state index in [0.717, 1.165) is 19.3 Å².